The van der Waals surface area contributed by atoms with Gasteiger partial charge in [-0.2, -0.15) is 13.2 Å². The molecule has 0 atom stereocenters. The maximum absolute atomic E-state index is 12.7. The number of amides is 1. The van der Waals surface area contributed by atoms with Gasteiger partial charge in [0.15, 0.2) is 0 Å². The fourth-order valence-electron chi connectivity index (χ4n) is 3.33. The molecule has 0 saturated heterocycles. The van der Waals surface area contributed by atoms with Gasteiger partial charge in [-0.15, -0.1) is 11.3 Å². The quantitative estimate of drug-likeness (QED) is 0.599. The summed E-state index contributed by atoms with van der Waals surface area (Å²) in [5, 5.41) is 5.38. The number of thiazole rings is 1. The number of rotatable bonds is 6. The van der Waals surface area contributed by atoms with Crippen molar-refractivity contribution in [1.29, 1.82) is 0 Å². The maximum Gasteiger partial charge on any atom is 0.416 e. The molecule has 0 aliphatic heterocycles. The molecule has 150 valence electrons. The van der Waals surface area contributed by atoms with Gasteiger partial charge in [0.05, 0.1) is 17.7 Å². The van der Waals surface area contributed by atoms with Crippen LogP contribution in [0.5, 0.6) is 0 Å². The summed E-state index contributed by atoms with van der Waals surface area (Å²) in [5.74, 6) is -0.100. The summed E-state index contributed by atoms with van der Waals surface area (Å²) in [4.78, 5) is 16.8. The van der Waals surface area contributed by atoms with E-state index in [1.165, 1.54) is 29.0 Å². The van der Waals surface area contributed by atoms with E-state index in [9.17, 15) is 18.0 Å². The molecule has 0 spiro atoms. The molecule has 2 aromatic carbocycles. The van der Waals surface area contributed by atoms with Crippen LogP contribution >= 0.6 is 11.3 Å². The fourth-order valence-corrected chi connectivity index (χ4v) is 4.15. The molecule has 1 aliphatic rings. The Bertz CT molecular complexity index is 993. The molecule has 0 radical (unpaired) electrons. The Labute approximate surface area is 170 Å². The number of nitrogens with one attached hydrogen (secondary N) is 1. The van der Waals surface area contributed by atoms with E-state index >= 15 is 0 Å². The van der Waals surface area contributed by atoms with E-state index < -0.39 is 11.7 Å². The lowest BCUT2D eigenvalue weighted by molar-refractivity contribution is -0.137. The lowest BCUT2D eigenvalue weighted by Crippen LogP contribution is -2.33. The van der Waals surface area contributed by atoms with Gasteiger partial charge in [0.1, 0.15) is 5.01 Å². The second-order valence-corrected chi connectivity index (χ2v) is 8.18. The third-order valence-corrected chi connectivity index (χ3v) is 6.16. The number of alkyl halides is 3. The zero-order chi connectivity index (χ0) is 20.5. The molecule has 4 rings (SSSR count). The van der Waals surface area contributed by atoms with Gasteiger partial charge in [-0.25, -0.2) is 4.98 Å². The zero-order valence-electron chi connectivity index (χ0n) is 15.5. The van der Waals surface area contributed by atoms with Crippen LogP contribution < -0.4 is 5.32 Å². The first-order valence-corrected chi connectivity index (χ1v) is 10.2. The Kier molecular flexibility index (Phi) is 5.17. The summed E-state index contributed by atoms with van der Waals surface area (Å²) >= 11 is 1.32. The van der Waals surface area contributed by atoms with Crippen molar-refractivity contribution in [3.8, 4) is 10.6 Å². The molecule has 1 amide bonds. The number of carbonyl (C=O) groups excluding carboxylic acids is 1. The molecular formula is C22H19F3N2OS. The fraction of sp³-hybridized carbons (Fsp3) is 0.273. The van der Waals surface area contributed by atoms with E-state index in [4.69, 9.17) is 0 Å². The van der Waals surface area contributed by atoms with Crippen LogP contribution in [0.1, 0.15) is 29.7 Å². The molecule has 3 nitrogen and oxygen atoms in total. The van der Waals surface area contributed by atoms with Crippen LogP contribution in [0.3, 0.4) is 0 Å². The molecular weight excluding hydrogens is 397 g/mol. The molecule has 1 aromatic heterocycles. The van der Waals surface area contributed by atoms with Crippen LogP contribution in [0.4, 0.5) is 13.2 Å². The van der Waals surface area contributed by atoms with Gasteiger partial charge in [0, 0.05) is 22.9 Å². The number of carbonyl (C=O) groups is 1. The lowest BCUT2D eigenvalue weighted by atomic mass is 9.96. The molecule has 29 heavy (non-hydrogen) atoms. The molecule has 1 fully saturated rings. The van der Waals surface area contributed by atoms with E-state index in [0.717, 1.165) is 25.0 Å². The van der Waals surface area contributed by atoms with E-state index in [2.05, 4.69) is 22.4 Å². The van der Waals surface area contributed by atoms with Gasteiger partial charge in [0.2, 0.25) is 5.91 Å². The lowest BCUT2D eigenvalue weighted by Gasteiger charge is -2.16. The van der Waals surface area contributed by atoms with Crippen molar-refractivity contribution < 1.29 is 18.0 Å². The molecule has 3 aromatic rings. The van der Waals surface area contributed by atoms with Crippen LogP contribution in [-0.4, -0.2) is 17.4 Å². The summed E-state index contributed by atoms with van der Waals surface area (Å²) in [6, 6.07) is 15.1. The van der Waals surface area contributed by atoms with Gasteiger partial charge in [-0.3, -0.25) is 4.79 Å². The number of hydrogen-bond donors (Lipinski definition) is 1. The van der Waals surface area contributed by atoms with Gasteiger partial charge >= 0.3 is 6.18 Å². The summed E-state index contributed by atoms with van der Waals surface area (Å²) in [5.41, 5.74) is 1.83. The van der Waals surface area contributed by atoms with E-state index in [1.807, 2.05) is 18.2 Å². The minimum Gasteiger partial charge on any atom is -0.355 e. The topological polar surface area (TPSA) is 42.0 Å². The zero-order valence-corrected chi connectivity index (χ0v) is 16.3. The number of nitrogens with zero attached hydrogens (tertiary/aromatic N) is 1. The largest absolute Gasteiger partial charge is 0.416 e. The van der Waals surface area contributed by atoms with Gasteiger partial charge in [-0.1, -0.05) is 42.5 Å². The minimum atomic E-state index is -4.36. The van der Waals surface area contributed by atoms with Crippen LogP contribution in [0.2, 0.25) is 0 Å². The predicted octanol–water partition coefficient (Wildman–Crippen LogP) is 5.22. The summed E-state index contributed by atoms with van der Waals surface area (Å²) in [6.45, 7) is 0.603. The second-order valence-electron chi connectivity index (χ2n) is 7.32. The van der Waals surface area contributed by atoms with Crippen LogP contribution in [0, 0.1) is 0 Å². The average molecular weight is 416 g/mol. The normalized spacial score (nSPS) is 15.1. The molecule has 1 saturated carbocycles. The van der Waals surface area contributed by atoms with Crippen molar-refractivity contribution in [2.45, 2.75) is 30.9 Å². The highest BCUT2D eigenvalue weighted by Crippen LogP contribution is 2.47. The van der Waals surface area contributed by atoms with Crippen molar-refractivity contribution >= 4 is 17.2 Å². The first-order valence-electron chi connectivity index (χ1n) is 9.30. The predicted molar refractivity (Wildman–Crippen MR) is 107 cm³/mol. The number of benzene rings is 2. The van der Waals surface area contributed by atoms with Crippen molar-refractivity contribution in [2.24, 2.45) is 0 Å². The monoisotopic (exact) mass is 416 g/mol. The maximum atomic E-state index is 12.7. The highest BCUT2D eigenvalue weighted by molar-refractivity contribution is 7.13. The van der Waals surface area contributed by atoms with Gasteiger partial charge < -0.3 is 5.32 Å². The second kappa shape index (κ2) is 7.63. The molecule has 0 bridgehead atoms. The Balaban J connectivity index is 1.35. The summed E-state index contributed by atoms with van der Waals surface area (Å²) in [7, 11) is 0. The molecule has 7 heteroatoms. The van der Waals surface area contributed by atoms with E-state index in [-0.39, 0.29) is 17.7 Å². The van der Waals surface area contributed by atoms with Crippen LogP contribution in [0.25, 0.3) is 10.6 Å². The SMILES string of the molecule is O=C(Cc1csc(-c2ccc(C(F)(F)F)cc2)n1)NCC1(c2ccccc2)CC1. The van der Waals surface area contributed by atoms with Crippen molar-refractivity contribution in [3.63, 3.8) is 0 Å². The minimum absolute atomic E-state index is 0.0460. The van der Waals surface area contributed by atoms with Crippen LogP contribution in [-0.2, 0) is 22.8 Å². The van der Waals surface area contributed by atoms with Gasteiger partial charge in [0.25, 0.3) is 0 Å². The molecule has 0 unspecified atom stereocenters. The van der Waals surface area contributed by atoms with Crippen molar-refractivity contribution in [2.75, 3.05) is 6.54 Å². The Morgan fingerprint density at radius 1 is 1.07 bits per heavy atom. The van der Waals surface area contributed by atoms with Gasteiger partial charge in [-0.05, 0) is 30.5 Å². The molecule has 1 heterocycles. The van der Waals surface area contributed by atoms with Crippen molar-refractivity contribution in [3.05, 3.63) is 76.8 Å². The summed E-state index contributed by atoms with van der Waals surface area (Å²) < 4.78 is 38.0. The standard InChI is InChI=1S/C22H19F3N2OS/c23-22(24,25)17-8-6-15(7-9-17)20-27-18(13-29-20)12-19(28)26-14-21(10-11-21)16-4-2-1-3-5-16/h1-9,13H,10-12,14H2,(H,26,28). The van der Waals surface area contributed by atoms with Crippen molar-refractivity contribution in [1.82, 2.24) is 10.3 Å². The van der Waals surface area contributed by atoms with Crippen LogP contribution in [0.15, 0.2) is 60.0 Å². The molecule has 1 aliphatic carbocycles. The van der Waals surface area contributed by atoms with E-state index in [1.54, 1.807) is 5.38 Å². The molecule has 1 N–H and O–H groups in total. The highest BCUT2D eigenvalue weighted by atomic mass is 32.1. The average Bonchev–Trinajstić information content (AvgIpc) is 3.37. The Hall–Kier alpha value is -2.67. The highest BCUT2D eigenvalue weighted by Gasteiger charge is 2.44. The van der Waals surface area contributed by atoms with E-state index in [0.29, 0.717) is 22.8 Å². The third kappa shape index (κ3) is 4.50. The first-order chi connectivity index (χ1) is 13.9. The third-order valence-electron chi connectivity index (χ3n) is 5.22. The number of aromatic nitrogens is 1. The summed E-state index contributed by atoms with van der Waals surface area (Å²) in [6.07, 6.45) is -2.08. The number of halogens is 3. The smallest absolute Gasteiger partial charge is 0.355 e. The Morgan fingerprint density at radius 3 is 2.38 bits per heavy atom. The number of hydrogen-bond acceptors (Lipinski definition) is 3. The first kappa shape index (κ1) is 19.6. The Morgan fingerprint density at radius 2 is 1.76 bits per heavy atom.